The quantitative estimate of drug-likeness (QED) is 0.560. The van der Waals surface area contributed by atoms with E-state index in [-0.39, 0.29) is 0 Å². The SMILES string of the molecule is CNc1ccc(-c2c(C)nc3ccc(-c4ccc(OC)c(OC)c4)nn23)cc1. The highest BCUT2D eigenvalue weighted by Crippen LogP contribution is 2.32. The minimum Gasteiger partial charge on any atom is -0.493 e. The monoisotopic (exact) mass is 374 g/mol. The van der Waals surface area contributed by atoms with Gasteiger partial charge in [-0.2, -0.15) is 5.10 Å². The van der Waals surface area contributed by atoms with Crippen molar-refractivity contribution in [3.05, 3.63) is 60.3 Å². The molecule has 0 radical (unpaired) electrons. The number of nitrogens with one attached hydrogen (secondary N) is 1. The van der Waals surface area contributed by atoms with Gasteiger partial charge in [-0.15, -0.1) is 0 Å². The Bertz CT molecular complexity index is 1130. The standard InChI is InChI=1S/C22H22N4O2/c1-14-22(15-5-8-17(23-2)9-6-15)26-21(24-14)12-10-18(25-26)16-7-11-19(27-3)20(13-16)28-4/h5-13,23H,1-4H3. The number of fused-ring (bicyclic) bond motifs is 1. The van der Waals surface area contributed by atoms with Crippen molar-refractivity contribution in [3.63, 3.8) is 0 Å². The predicted octanol–water partition coefficient (Wildman–Crippen LogP) is 4.43. The molecule has 0 saturated heterocycles. The number of aromatic nitrogens is 3. The van der Waals surface area contributed by atoms with Crippen LogP contribution in [0.5, 0.6) is 11.5 Å². The fourth-order valence-electron chi connectivity index (χ4n) is 3.32. The Morgan fingerprint density at radius 1 is 0.857 bits per heavy atom. The molecule has 0 amide bonds. The maximum absolute atomic E-state index is 5.43. The van der Waals surface area contributed by atoms with Crippen molar-refractivity contribution in [2.75, 3.05) is 26.6 Å². The van der Waals surface area contributed by atoms with Crippen molar-refractivity contribution in [1.82, 2.24) is 14.6 Å². The third kappa shape index (κ3) is 3.03. The summed E-state index contributed by atoms with van der Waals surface area (Å²) in [5, 5.41) is 8.00. The maximum Gasteiger partial charge on any atom is 0.161 e. The fourth-order valence-corrected chi connectivity index (χ4v) is 3.32. The minimum atomic E-state index is 0.673. The van der Waals surface area contributed by atoms with Crippen LogP contribution in [0, 0.1) is 6.92 Å². The molecule has 0 spiro atoms. The Hall–Kier alpha value is -3.54. The van der Waals surface area contributed by atoms with E-state index in [2.05, 4.69) is 22.4 Å². The summed E-state index contributed by atoms with van der Waals surface area (Å²) >= 11 is 0. The van der Waals surface area contributed by atoms with E-state index in [0.717, 1.165) is 39.5 Å². The van der Waals surface area contributed by atoms with E-state index in [1.54, 1.807) is 14.2 Å². The van der Waals surface area contributed by atoms with Gasteiger partial charge in [0.05, 0.1) is 31.3 Å². The molecule has 0 fully saturated rings. The molecule has 4 aromatic rings. The molecule has 2 aromatic carbocycles. The van der Waals surface area contributed by atoms with Gasteiger partial charge in [0.25, 0.3) is 0 Å². The van der Waals surface area contributed by atoms with Crippen molar-refractivity contribution < 1.29 is 9.47 Å². The van der Waals surface area contributed by atoms with E-state index in [4.69, 9.17) is 14.6 Å². The zero-order valence-corrected chi connectivity index (χ0v) is 16.4. The first-order chi connectivity index (χ1) is 13.6. The zero-order valence-electron chi connectivity index (χ0n) is 16.4. The number of hydrogen-bond donors (Lipinski definition) is 1. The number of rotatable bonds is 5. The molecule has 0 saturated carbocycles. The molecule has 28 heavy (non-hydrogen) atoms. The molecule has 2 aromatic heterocycles. The molecule has 2 heterocycles. The van der Waals surface area contributed by atoms with Gasteiger partial charge in [-0.1, -0.05) is 12.1 Å². The molecule has 0 atom stereocenters. The van der Waals surface area contributed by atoms with Gasteiger partial charge in [0.2, 0.25) is 0 Å². The normalized spacial score (nSPS) is 10.9. The van der Waals surface area contributed by atoms with Crippen LogP contribution in [0.15, 0.2) is 54.6 Å². The Labute approximate surface area is 163 Å². The van der Waals surface area contributed by atoms with E-state index < -0.39 is 0 Å². The smallest absolute Gasteiger partial charge is 0.161 e. The number of anilines is 1. The molecule has 1 N–H and O–H groups in total. The van der Waals surface area contributed by atoms with Crippen molar-refractivity contribution in [3.8, 4) is 34.0 Å². The van der Waals surface area contributed by atoms with Crippen LogP contribution in [-0.2, 0) is 0 Å². The van der Waals surface area contributed by atoms with E-state index in [0.29, 0.717) is 11.5 Å². The topological polar surface area (TPSA) is 60.7 Å². The maximum atomic E-state index is 5.43. The lowest BCUT2D eigenvalue weighted by atomic mass is 10.1. The van der Waals surface area contributed by atoms with Gasteiger partial charge in [-0.05, 0) is 49.4 Å². The fraction of sp³-hybridized carbons (Fsp3) is 0.182. The first-order valence-electron chi connectivity index (χ1n) is 9.01. The number of nitrogens with zero attached hydrogens (tertiary/aromatic N) is 3. The summed E-state index contributed by atoms with van der Waals surface area (Å²) in [6.07, 6.45) is 0. The number of imidazole rings is 1. The van der Waals surface area contributed by atoms with Gasteiger partial charge >= 0.3 is 0 Å². The number of hydrogen-bond acceptors (Lipinski definition) is 5. The molecule has 0 aliphatic heterocycles. The lowest BCUT2D eigenvalue weighted by Gasteiger charge is -2.10. The van der Waals surface area contributed by atoms with Gasteiger partial charge in [0.1, 0.15) is 0 Å². The minimum absolute atomic E-state index is 0.673. The van der Waals surface area contributed by atoms with E-state index in [9.17, 15) is 0 Å². The van der Waals surface area contributed by atoms with E-state index in [1.807, 2.05) is 61.0 Å². The largest absolute Gasteiger partial charge is 0.493 e. The predicted molar refractivity (Wildman–Crippen MR) is 111 cm³/mol. The Morgan fingerprint density at radius 3 is 2.25 bits per heavy atom. The molecule has 6 heteroatoms. The van der Waals surface area contributed by atoms with Crippen LogP contribution in [0.4, 0.5) is 5.69 Å². The first kappa shape index (κ1) is 17.9. The van der Waals surface area contributed by atoms with Crippen LogP contribution < -0.4 is 14.8 Å². The molecule has 0 aliphatic rings. The zero-order chi connectivity index (χ0) is 19.7. The van der Waals surface area contributed by atoms with Crippen molar-refractivity contribution in [2.45, 2.75) is 6.92 Å². The van der Waals surface area contributed by atoms with Crippen molar-refractivity contribution in [2.24, 2.45) is 0 Å². The second-order valence-electron chi connectivity index (χ2n) is 6.43. The first-order valence-corrected chi connectivity index (χ1v) is 9.01. The summed E-state index contributed by atoms with van der Waals surface area (Å²) in [5.74, 6) is 1.36. The van der Waals surface area contributed by atoms with E-state index >= 15 is 0 Å². The van der Waals surface area contributed by atoms with Crippen LogP contribution in [0.3, 0.4) is 0 Å². The lowest BCUT2D eigenvalue weighted by molar-refractivity contribution is 0.355. The molecule has 0 unspecified atom stereocenters. The van der Waals surface area contributed by atoms with Gasteiger partial charge in [-0.25, -0.2) is 9.50 Å². The highest BCUT2D eigenvalue weighted by Gasteiger charge is 2.14. The van der Waals surface area contributed by atoms with Gasteiger partial charge in [0, 0.05) is 23.9 Å². The van der Waals surface area contributed by atoms with Gasteiger partial charge in [0.15, 0.2) is 17.1 Å². The van der Waals surface area contributed by atoms with Gasteiger partial charge < -0.3 is 14.8 Å². The van der Waals surface area contributed by atoms with Crippen LogP contribution in [0.25, 0.3) is 28.2 Å². The molecular weight excluding hydrogens is 352 g/mol. The lowest BCUT2D eigenvalue weighted by Crippen LogP contribution is -1.98. The summed E-state index contributed by atoms with van der Waals surface area (Å²) in [5.41, 5.74) is 6.65. The van der Waals surface area contributed by atoms with Crippen molar-refractivity contribution in [1.29, 1.82) is 0 Å². The molecule has 0 aliphatic carbocycles. The summed E-state index contributed by atoms with van der Waals surface area (Å²) in [4.78, 5) is 4.67. The number of ether oxygens (including phenoxy) is 2. The molecular formula is C22H22N4O2. The van der Waals surface area contributed by atoms with Gasteiger partial charge in [-0.3, -0.25) is 0 Å². The summed E-state index contributed by atoms with van der Waals surface area (Å²) in [6.45, 7) is 2.01. The summed E-state index contributed by atoms with van der Waals surface area (Å²) < 4.78 is 12.7. The third-order valence-corrected chi connectivity index (χ3v) is 4.78. The number of methoxy groups -OCH3 is 2. The second kappa shape index (κ2) is 7.23. The number of benzene rings is 2. The summed E-state index contributed by atoms with van der Waals surface area (Å²) in [7, 11) is 5.16. The van der Waals surface area contributed by atoms with Crippen LogP contribution in [-0.4, -0.2) is 35.9 Å². The average Bonchev–Trinajstić information content (AvgIpc) is 3.08. The average molecular weight is 374 g/mol. The highest BCUT2D eigenvalue weighted by atomic mass is 16.5. The van der Waals surface area contributed by atoms with Crippen LogP contribution >= 0.6 is 0 Å². The second-order valence-corrected chi connectivity index (χ2v) is 6.43. The Kier molecular flexibility index (Phi) is 4.61. The molecule has 4 rings (SSSR count). The molecule has 6 nitrogen and oxygen atoms in total. The molecule has 0 bridgehead atoms. The van der Waals surface area contributed by atoms with E-state index in [1.165, 1.54) is 0 Å². The third-order valence-electron chi connectivity index (χ3n) is 4.78. The Morgan fingerprint density at radius 2 is 1.57 bits per heavy atom. The molecule has 142 valence electrons. The number of aryl methyl sites for hydroxylation is 1. The summed E-state index contributed by atoms with van der Waals surface area (Å²) in [6, 6.07) is 18.0. The van der Waals surface area contributed by atoms with Crippen LogP contribution in [0.1, 0.15) is 5.69 Å². The van der Waals surface area contributed by atoms with Crippen LogP contribution in [0.2, 0.25) is 0 Å². The van der Waals surface area contributed by atoms with Crippen molar-refractivity contribution >= 4 is 11.3 Å². The Balaban J connectivity index is 1.84. The highest BCUT2D eigenvalue weighted by molar-refractivity contribution is 5.70.